The van der Waals surface area contributed by atoms with Gasteiger partial charge in [0.25, 0.3) is 0 Å². The van der Waals surface area contributed by atoms with E-state index in [1.807, 2.05) is 6.92 Å². The average Bonchev–Trinajstić information content (AvgIpc) is 2.75. The number of halogens is 2. The van der Waals surface area contributed by atoms with Gasteiger partial charge in [-0.15, -0.1) is 22.7 Å². The lowest BCUT2D eigenvalue weighted by Gasteiger charge is -2.06. The fraction of sp³-hybridized carbons (Fsp3) is 0.300. The second-order valence-corrected chi connectivity index (χ2v) is 7.66. The van der Waals surface area contributed by atoms with Gasteiger partial charge in [0, 0.05) is 32.9 Å². The molecule has 0 radical (unpaired) electrons. The number of rotatable bonds is 3. The molecule has 0 aliphatic carbocycles. The van der Waals surface area contributed by atoms with Gasteiger partial charge in [-0.2, -0.15) is 0 Å². The van der Waals surface area contributed by atoms with E-state index in [9.17, 15) is 0 Å². The highest BCUT2D eigenvalue weighted by molar-refractivity contribution is 9.13. The first-order valence-electron chi connectivity index (χ1n) is 4.67. The van der Waals surface area contributed by atoms with E-state index >= 15 is 0 Å². The van der Waals surface area contributed by atoms with Crippen LogP contribution in [0.3, 0.4) is 0 Å². The van der Waals surface area contributed by atoms with E-state index in [0.29, 0.717) is 0 Å². The summed E-state index contributed by atoms with van der Waals surface area (Å²) < 4.78 is 2.16. The van der Waals surface area contributed by atoms with Gasteiger partial charge in [-0.1, -0.05) is 0 Å². The predicted molar refractivity (Wildman–Crippen MR) is 77.2 cm³/mol. The molecular weight excluding hydrogens is 372 g/mol. The SMILES string of the molecule is Cc1csc(CC(N)c2cc(Br)c(Br)s2)n1. The van der Waals surface area contributed by atoms with Crippen LogP contribution in [-0.4, -0.2) is 4.98 Å². The average molecular weight is 382 g/mol. The van der Waals surface area contributed by atoms with Crippen LogP contribution in [0.15, 0.2) is 19.7 Å². The van der Waals surface area contributed by atoms with Crippen LogP contribution in [0.25, 0.3) is 0 Å². The van der Waals surface area contributed by atoms with Crippen molar-refractivity contribution in [2.24, 2.45) is 5.73 Å². The molecule has 0 fully saturated rings. The van der Waals surface area contributed by atoms with Crippen LogP contribution in [0.2, 0.25) is 0 Å². The molecule has 1 unspecified atom stereocenters. The number of thiazole rings is 1. The van der Waals surface area contributed by atoms with Crippen LogP contribution < -0.4 is 5.73 Å². The van der Waals surface area contributed by atoms with E-state index in [1.165, 1.54) is 4.88 Å². The molecule has 2 aromatic rings. The number of aromatic nitrogens is 1. The molecule has 0 spiro atoms. The Hall–Kier alpha value is 0.250. The van der Waals surface area contributed by atoms with E-state index in [1.54, 1.807) is 22.7 Å². The Balaban J connectivity index is 2.11. The molecule has 0 aromatic carbocycles. The quantitative estimate of drug-likeness (QED) is 0.861. The minimum Gasteiger partial charge on any atom is -0.323 e. The monoisotopic (exact) mass is 380 g/mol. The van der Waals surface area contributed by atoms with Crippen molar-refractivity contribution in [2.75, 3.05) is 0 Å². The fourth-order valence-electron chi connectivity index (χ4n) is 1.33. The zero-order chi connectivity index (χ0) is 11.7. The van der Waals surface area contributed by atoms with E-state index in [-0.39, 0.29) is 6.04 Å². The predicted octanol–water partition coefficient (Wildman–Crippen LogP) is 4.28. The largest absolute Gasteiger partial charge is 0.323 e. The van der Waals surface area contributed by atoms with Crippen molar-refractivity contribution in [2.45, 2.75) is 19.4 Å². The Bertz CT molecular complexity index is 473. The Kier molecular flexibility index (Phi) is 4.18. The molecule has 0 aliphatic rings. The summed E-state index contributed by atoms with van der Waals surface area (Å²) in [5.74, 6) is 0. The van der Waals surface area contributed by atoms with Crippen LogP contribution in [0.1, 0.15) is 21.6 Å². The fourth-order valence-corrected chi connectivity index (χ4v) is 4.25. The molecule has 16 heavy (non-hydrogen) atoms. The van der Waals surface area contributed by atoms with Gasteiger partial charge in [0.2, 0.25) is 0 Å². The molecule has 2 nitrogen and oxygen atoms in total. The highest BCUT2D eigenvalue weighted by atomic mass is 79.9. The summed E-state index contributed by atoms with van der Waals surface area (Å²) in [5.41, 5.74) is 7.22. The van der Waals surface area contributed by atoms with Gasteiger partial charge in [-0.3, -0.25) is 0 Å². The van der Waals surface area contributed by atoms with Crippen LogP contribution in [0.4, 0.5) is 0 Å². The summed E-state index contributed by atoms with van der Waals surface area (Å²) in [4.78, 5) is 5.60. The Morgan fingerprint density at radius 2 is 2.25 bits per heavy atom. The van der Waals surface area contributed by atoms with Crippen molar-refractivity contribution in [3.05, 3.63) is 35.3 Å². The Morgan fingerprint density at radius 1 is 1.50 bits per heavy atom. The number of nitrogens with zero attached hydrogens (tertiary/aromatic N) is 1. The minimum atomic E-state index is 0.0261. The molecule has 0 bridgehead atoms. The topological polar surface area (TPSA) is 38.9 Å². The van der Waals surface area contributed by atoms with Crippen LogP contribution in [0, 0.1) is 6.92 Å². The number of nitrogens with two attached hydrogens (primary N) is 1. The molecule has 2 heterocycles. The van der Waals surface area contributed by atoms with Crippen LogP contribution in [0.5, 0.6) is 0 Å². The van der Waals surface area contributed by atoms with Gasteiger partial charge in [-0.25, -0.2) is 4.98 Å². The second-order valence-electron chi connectivity index (χ2n) is 3.46. The van der Waals surface area contributed by atoms with Crippen molar-refractivity contribution in [3.63, 3.8) is 0 Å². The van der Waals surface area contributed by atoms with Gasteiger partial charge in [-0.05, 0) is 44.8 Å². The van der Waals surface area contributed by atoms with Crippen molar-refractivity contribution in [1.29, 1.82) is 0 Å². The Labute approximate surface area is 119 Å². The highest BCUT2D eigenvalue weighted by Gasteiger charge is 2.13. The number of hydrogen-bond donors (Lipinski definition) is 1. The lowest BCUT2D eigenvalue weighted by molar-refractivity contribution is 0.730. The van der Waals surface area contributed by atoms with E-state index in [4.69, 9.17) is 5.73 Å². The zero-order valence-corrected chi connectivity index (χ0v) is 13.3. The summed E-state index contributed by atoms with van der Waals surface area (Å²) in [6.07, 6.45) is 0.803. The first-order valence-corrected chi connectivity index (χ1v) is 7.96. The van der Waals surface area contributed by atoms with Gasteiger partial charge in [0.05, 0.1) is 8.79 Å². The molecular formula is C10H10Br2N2S2. The molecule has 1 atom stereocenters. The van der Waals surface area contributed by atoms with E-state index in [0.717, 1.165) is 25.4 Å². The molecule has 2 rings (SSSR count). The maximum Gasteiger partial charge on any atom is 0.0947 e. The number of hydrogen-bond acceptors (Lipinski definition) is 4. The van der Waals surface area contributed by atoms with Crippen LogP contribution in [-0.2, 0) is 6.42 Å². The molecule has 0 saturated carbocycles. The molecule has 86 valence electrons. The summed E-state index contributed by atoms with van der Waals surface area (Å²) in [6.45, 7) is 2.00. The third kappa shape index (κ3) is 2.92. The smallest absolute Gasteiger partial charge is 0.0947 e. The molecule has 2 aromatic heterocycles. The summed E-state index contributed by atoms with van der Waals surface area (Å²) >= 11 is 10.3. The molecule has 0 saturated heterocycles. The second kappa shape index (κ2) is 5.27. The molecule has 6 heteroatoms. The maximum atomic E-state index is 6.15. The van der Waals surface area contributed by atoms with Crippen molar-refractivity contribution >= 4 is 54.5 Å². The highest BCUT2D eigenvalue weighted by Crippen LogP contribution is 2.35. The van der Waals surface area contributed by atoms with Gasteiger partial charge in [0.15, 0.2) is 0 Å². The van der Waals surface area contributed by atoms with Gasteiger partial charge in [0.1, 0.15) is 0 Å². The van der Waals surface area contributed by atoms with Crippen molar-refractivity contribution in [3.8, 4) is 0 Å². The standard InChI is InChI=1S/C10H10Br2N2S2/c1-5-4-15-9(14-5)3-7(13)8-2-6(11)10(12)16-8/h2,4,7H,3,13H2,1H3. The third-order valence-electron chi connectivity index (χ3n) is 2.09. The van der Waals surface area contributed by atoms with Crippen LogP contribution >= 0.6 is 54.5 Å². The van der Waals surface area contributed by atoms with Gasteiger partial charge < -0.3 is 5.73 Å². The van der Waals surface area contributed by atoms with Crippen molar-refractivity contribution in [1.82, 2.24) is 4.98 Å². The lowest BCUT2D eigenvalue weighted by atomic mass is 10.2. The summed E-state index contributed by atoms with van der Waals surface area (Å²) in [6, 6.07) is 2.10. The molecule has 0 aliphatic heterocycles. The minimum absolute atomic E-state index is 0.0261. The third-order valence-corrected chi connectivity index (χ3v) is 6.47. The maximum absolute atomic E-state index is 6.15. The number of thiophene rings is 1. The van der Waals surface area contributed by atoms with E-state index < -0.39 is 0 Å². The lowest BCUT2D eigenvalue weighted by Crippen LogP contribution is -2.11. The molecule has 0 amide bonds. The summed E-state index contributed by atoms with van der Waals surface area (Å²) in [7, 11) is 0. The number of aryl methyl sites for hydroxylation is 1. The van der Waals surface area contributed by atoms with E-state index in [2.05, 4.69) is 48.3 Å². The summed E-state index contributed by atoms with van der Waals surface area (Å²) in [5, 5.41) is 3.16. The van der Waals surface area contributed by atoms with Crippen molar-refractivity contribution < 1.29 is 0 Å². The molecule has 2 N–H and O–H groups in total. The van der Waals surface area contributed by atoms with Gasteiger partial charge >= 0.3 is 0 Å². The normalized spacial score (nSPS) is 13.0. The zero-order valence-electron chi connectivity index (χ0n) is 8.54. The Morgan fingerprint density at radius 3 is 2.75 bits per heavy atom. The first-order chi connectivity index (χ1) is 7.56. The first kappa shape index (κ1) is 12.7.